The van der Waals surface area contributed by atoms with Crippen molar-refractivity contribution >= 4 is 18.2 Å². The maximum atomic E-state index is 6.00. The number of hydrogen-bond donors (Lipinski definition) is 0. The zero-order chi connectivity index (χ0) is 22.5. The summed E-state index contributed by atoms with van der Waals surface area (Å²) < 4.78 is 10.6. The molecule has 3 aromatic rings. The minimum absolute atomic E-state index is 0.522. The predicted molar refractivity (Wildman–Crippen MR) is 134 cm³/mol. The largest absolute Gasteiger partial charge is 0.378 e. The lowest BCUT2D eigenvalue weighted by molar-refractivity contribution is 0.103. The maximum Gasteiger partial charge on any atom is 0.226 e. The second kappa shape index (κ2) is 10.6. The van der Waals surface area contributed by atoms with E-state index in [0.717, 1.165) is 63.2 Å². The summed E-state index contributed by atoms with van der Waals surface area (Å²) in [6.07, 6.45) is 4.83. The molecule has 0 bridgehead atoms. The van der Waals surface area contributed by atoms with Crippen LogP contribution in [0.2, 0.25) is 0 Å². The van der Waals surface area contributed by atoms with Gasteiger partial charge in [0.15, 0.2) is 0 Å². The molecule has 5 rings (SSSR count). The summed E-state index contributed by atoms with van der Waals surface area (Å²) in [6.45, 7) is 5.74. The molecule has 2 aliphatic rings. The summed E-state index contributed by atoms with van der Waals surface area (Å²) in [5.74, 6) is 0.962. The Kier molecular flexibility index (Phi) is 7.19. The Balaban J connectivity index is 1.41. The average Bonchev–Trinajstić information content (AvgIpc) is 3.17. The summed E-state index contributed by atoms with van der Waals surface area (Å²) in [4.78, 5) is 4.89. The fourth-order valence-electron chi connectivity index (χ4n) is 4.96. The summed E-state index contributed by atoms with van der Waals surface area (Å²) in [6, 6.07) is 21.9. The topological polar surface area (TPSA) is 38.5 Å². The molecule has 1 aromatic heterocycles. The molecule has 2 aromatic carbocycles. The Labute approximate surface area is 201 Å². The maximum absolute atomic E-state index is 6.00. The molecular formula is C26H33N5OS. The van der Waals surface area contributed by atoms with Gasteiger partial charge in [0.1, 0.15) is 0 Å². The molecule has 7 heteroatoms. The van der Waals surface area contributed by atoms with Gasteiger partial charge in [-0.25, -0.2) is 4.68 Å². The van der Waals surface area contributed by atoms with Crippen LogP contribution in [0.3, 0.4) is 0 Å². The summed E-state index contributed by atoms with van der Waals surface area (Å²) >= 11 is 6.00. The highest BCUT2D eigenvalue weighted by Gasteiger charge is 2.25. The van der Waals surface area contributed by atoms with Crippen molar-refractivity contribution in [2.24, 2.45) is 0 Å². The van der Waals surface area contributed by atoms with Gasteiger partial charge >= 0.3 is 0 Å². The molecule has 174 valence electrons. The van der Waals surface area contributed by atoms with Crippen LogP contribution < -0.4 is 4.90 Å². The van der Waals surface area contributed by atoms with Gasteiger partial charge in [0, 0.05) is 25.7 Å². The Morgan fingerprint density at radius 3 is 2.30 bits per heavy atom. The first-order chi connectivity index (χ1) is 16.3. The van der Waals surface area contributed by atoms with Crippen LogP contribution in [0, 0.1) is 4.77 Å². The van der Waals surface area contributed by atoms with E-state index in [9.17, 15) is 0 Å². The molecule has 2 aliphatic heterocycles. The lowest BCUT2D eigenvalue weighted by atomic mass is 9.96. The van der Waals surface area contributed by atoms with E-state index in [1.807, 2.05) is 4.68 Å². The number of anilines is 1. The van der Waals surface area contributed by atoms with Crippen LogP contribution in [0.15, 0.2) is 60.7 Å². The van der Waals surface area contributed by atoms with Crippen molar-refractivity contribution in [3.63, 3.8) is 0 Å². The number of rotatable bonds is 7. The van der Waals surface area contributed by atoms with Gasteiger partial charge in [-0.15, -0.1) is 5.10 Å². The number of hydrogen-bond acceptors (Lipinski definition) is 5. The third kappa shape index (κ3) is 5.37. The van der Waals surface area contributed by atoms with Gasteiger partial charge in [0.25, 0.3) is 0 Å². The minimum Gasteiger partial charge on any atom is -0.378 e. The molecule has 2 fully saturated rings. The quantitative estimate of drug-likeness (QED) is 0.487. The fraction of sp³-hybridized carbons (Fsp3) is 0.462. The van der Waals surface area contributed by atoms with Crippen molar-refractivity contribution in [1.29, 1.82) is 0 Å². The number of likely N-dealkylation sites (tertiary alicyclic amines) is 1. The van der Waals surface area contributed by atoms with Gasteiger partial charge in [-0.1, -0.05) is 67.1 Å². The summed E-state index contributed by atoms with van der Waals surface area (Å²) in [7, 11) is 0. The molecule has 1 unspecified atom stereocenters. The van der Waals surface area contributed by atoms with Crippen LogP contribution in [0.25, 0.3) is 0 Å². The van der Waals surface area contributed by atoms with Crippen molar-refractivity contribution in [3.8, 4) is 0 Å². The van der Waals surface area contributed by atoms with E-state index < -0.39 is 0 Å². The summed E-state index contributed by atoms with van der Waals surface area (Å²) in [5.41, 5.74) is 2.64. The van der Waals surface area contributed by atoms with Gasteiger partial charge in [0.2, 0.25) is 10.7 Å². The van der Waals surface area contributed by atoms with Crippen molar-refractivity contribution in [1.82, 2.24) is 19.2 Å². The van der Waals surface area contributed by atoms with Crippen LogP contribution in [0.4, 0.5) is 5.95 Å². The minimum atomic E-state index is 0.522. The zero-order valence-electron chi connectivity index (χ0n) is 19.2. The Hall–Kier alpha value is -2.48. The van der Waals surface area contributed by atoms with Crippen molar-refractivity contribution in [2.75, 3.05) is 37.7 Å². The van der Waals surface area contributed by atoms with E-state index in [0.29, 0.717) is 6.04 Å². The monoisotopic (exact) mass is 463 g/mol. The van der Waals surface area contributed by atoms with Gasteiger partial charge in [-0.05, 0) is 42.6 Å². The van der Waals surface area contributed by atoms with Crippen LogP contribution in [0.1, 0.15) is 30.4 Å². The normalized spacial score (nSPS) is 19.6. The zero-order valence-corrected chi connectivity index (χ0v) is 20.0. The molecule has 33 heavy (non-hydrogen) atoms. The van der Waals surface area contributed by atoms with E-state index in [1.165, 1.54) is 30.4 Å². The van der Waals surface area contributed by atoms with Crippen LogP contribution in [-0.4, -0.2) is 58.1 Å². The van der Waals surface area contributed by atoms with Gasteiger partial charge in [0.05, 0.1) is 26.4 Å². The van der Waals surface area contributed by atoms with Gasteiger partial charge in [-0.3, -0.25) is 9.47 Å². The molecule has 2 saturated heterocycles. The van der Waals surface area contributed by atoms with Crippen LogP contribution in [0.5, 0.6) is 0 Å². The molecular weight excluding hydrogens is 430 g/mol. The molecule has 0 amide bonds. The number of aromatic nitrogens is 3. The number of morpholine rings is 1. The average molecular weight is 464 g/mol. The highest BCUT2D eigenvalue weighted by Crippen LogP contribution is 2.23. The van der Waals surface area contributed by atoms with Crippen LogP contribution in [-0.2, 0) is 24.4 Å². The second-order valence-electron chi connectivity index (χ2n) is 9.05. The Morgan fingerprint density at radius 2 is 1.58 bits per heavy atom. The molecule has 3 heterocycles. The van der Waals surface area contributed by atoms with E-state index >= 15 is 0 Å². The molecule has 0 N–H and O–H groups in total. The van der Waals surface area contributed by atoms with Gasteiger partial charge < -0.3 is 9.64 Å². The molecule has 1 atom stereocenters. The lowest BCUT2D eigenvalue weighted by Gasteiger charge is -2.35. The molecule has 0 aliphatic carbocycles. The van der Waals surface area contributed by atoms with Crippen molar-refractivity contribution in [3.05, 3.63) is 76.6 Å². The van der Waals surface area contributed by atoms with E-state index in [1.54, 1.807) is 0 Å². The lowest BCUT2D eigenvalue weighted by Crippen LogP contribution is -2.42. The molecule has 0 radical (unpaired) electrons. The van der Waals surface area contributed by atoms with E-state index in [4.69, 9.17) is 22.1 Å². The smallest absolute Gasteiger partial charge is 0.226 e. The Morgan fingerprint density at radius 1 is 0.879 bits per heavy atom. The Bertz CT molecular complexity index is 1080. The third-order valence-electron chi connectivity index (χ3n) is 6.76. The fourth-order valence-corrected chi connectivity index (χ4v) is 5.20. The highest BCUT2D eigenvalue weighted by atomic mass is 32.1. The first-order valence-corrected chi connectivity index (χ1v) is 12.5. The van der Waals surface area contributed by atoms with E-state index in [-0.39, 0.29) is 0 Å². The number of nitrogens with zero attached hydrogens (tertiary/aromatic N) is 5. The number of benzene rings is 2. The molecule has 6 nitrogen and oxygen atoms in total. The van der Waals surface area contributed by atoms with E-state index in [2.05, 4.69) is 75.0 Å². The van der Waals surface area contributed by atoms with Crippen molar-refractivity contribution < 1.29 is 4.74 Å². The standard InChI is InChI=1S/C26H33N5OS/c33-26-30(20-23-11-5-2-6-12-23)25(28-15-17-32-18-16-28)27-31(26)21-29-14-8-7-13-24(29)19-22-9-3-1-4-10-22/h1-6,9-12,24H,7-8,13-21H2. The number of piperidine rings is 1. The first-order valence-electron chi connectivity index (χ1n) is 12.1. The predicted octanol–water partition coefficient (Wildman–Crippen LogP) is 4.35. The molecule has 0 spiro atoms. The van der Waals surface area contributed by atoms with Gasteiger partial charge in [-0.2, -0.15) is 0 Å². The van der Waals surface area contributed by atoms with Crippen LogP contribution >= 0.6 is 12.2 Å². The SMILES string of the molecule is S=c1n(CN2CCCCC2Cc2ccccc2)nc(N2CCOCC2)n1Cc1ccccc1. The number of ether oxygens (including phenoxy) is 1. The third-order valence-corrected chi connectivity index (χ3v) is 7.19. The first kappa shape index (κ1) is 22.3. The molecule has 0 saturated carbocycles. The highest BCUT2D eigenvalue weighted by molar-refractivity contribution is 7.71. The second-order valence-corrected chi connectivity index (χ2v) is 9.41. The summed E-state index contributed by atoms with van der Waals surface area (Å²) in [5, 5.41) is 5.07. The van der Waals surface area contributed by atoms with Crippen molar-refractivity contribution in [2.45, 2.75) is 44.9 Å².